The lowest BCUT2D eigenvalue weighted by Crippen LogP contribution is -2.16. The van der Waals surface area contributed by atoms with E-state index in [0.717, 1.165) is 30.0 Å². The van der Waals surface area contributed by atoms with Crippen LogP contribution in [0.4, 0.5) is 5.69 Å². The van der Waals surface area contributed by atoms with Crippen molar-refractivity contribution < 1.29 is 0 Å². The maximum absolute atomic E-state index is 4.80. The summed E-state index contributed by atoms with van der Waals surface area (Å²) in [5.74, 6) is 0.757. The van der Waals surface area contributed by atoms with Gasteiger partial charge in [0.15, 0.2) is 0 Å². The molecular formula is C20H24N2S. The van der Waals surface area contributed by atoms with Gasteiger partial charge in [-0.1, -0.05) is 25.6 Å². The number of likely N-dealkylation sites (N-methyl/N-ethyl adjacent to an activating group) is 1. The molecule has 1 saturated heterocycles. The standard InChI is InChI=1S/C20H24N2S/c1-5-15-8-16-7-14(3)18(11-23)9-17(16)10-19(15)21-12-20(6-2)13-22(20)4/h5,7-10,12,23H,1,6,11,13H2,2-4H3. The van der Waals surface area contributed by atoms with Crippen LogP contribution in [0, 0.1) is 6.92 Å². The highest BCUT2D eigenvalue weighted by Crippen LogP contribution is 2.34. The summed E-state index contributed by atoms with van der Waals surface area (Å²) in [6.45, 7) is 9.40. The van der Waals surface area contributed by atoms with Crippen molar-refractivity contribution in [2.24, 2.45) is 4.99 Å². The molecule has 0 spiro atoms. The molecule has 2 unspecified atom stereocenters. The molecule has 0 amide bonds. The normalized spacial score (nSPS) is 23.6. The number of hydrogen-bond acceptors (Lipinski definition) is 3. The van der Waals surface area contributed by atoms with Crippen LogP contribution >= 0.6 is 12.6 Å². The molecule has 2 aromatic rings. The Morgan fingerprint density at radius 2 is 2.00 bits per heavy atom. The Balaban J connectivity index is 2.07. The van der Waals surface area contributed by atoms with Crippen LogP contribution in [0.1, 0.15) is 30.0 Å². The summed E-state index contributed by atoms with van der Waals surface area (Å²) in [5.41, 5.74) is 4.78. The van der Waals surface area contributed by atoms with Crippen LogP contribution in [0.5, 0.6) is 0 Å². The van der Waals surface area contributed by atoms with E-state index in [2.05, 4.69) is 75.5 Å². The van der Waals surface area contributed by atoms with Gasteiger partial charge in [-0.05, 0) is 60.5 Å². The average Bonchev–Trinajstić information content (AvgIpc) is 3.22. The van der Waals surface area contributed by atoms with Gasteiger partial charge in [0.2, 0.25) is 0 Å². The Labute approximate surface area is 144 Å². The lowest BCUT2D eigenvalue weighted by molar-refractivity contribution is 0.553. The number of rotatable bonds is 5. The van der Waals surface area contributed by atoms with Crippen molar-refractivity contribution in [1.29, 1.82) is 0 Å². The molecule has 3 rings (SSSR count). The zero-order chi connectivity index (χ0) is 16.6. The summed E-state index contributed by atoms with van der Waals surface area (Å²) in [6.07, 6.45) is 5.09. The van der Waals surface area contributed by atoms with Crippen LogP contribution in [0.25, 0.3) is 16.8 Å². The van der Waals surface area contributed by atoms with Gasteiger partial charge in [0, 0.05) is 24.1 Å². The highest BCUT2D eigenvalue weighted by molar-refractivity contribution is 7.79. The number of aryl methyl sites for hydroxylation is 1. The first kappa shape index (κ1) is 16.3. The monoisotopic (exact) mass is 324 g/mol. The van der Waals surface area contributed by atoms with E-state index in [9.17, 15) is 0 Å². The molecule has 120 valence electrons. The average molecular weight is 324 g/mol. The molecule has 1 aliphatic rings. The third-order valence-electron chi connectivity index (χ3n) is 5.05. The molecule has 0 bridgehead atoms. The van der Waals surface area contributed by atoms with Crippen LogP contribution in [-0.2, 0) is 5.75 Å². The largest absolute Gasteiger partial charge is 0.293 e. The topological polar surface area (TPSA) is 15.4 Å². The maximum atomic E-state index is 4.80. The highest BCUT2D eigenvalue weighted by Gasteiger charge is 2.46. The molecule has 3 heteroatoms. The molecule has 0 aliphatic carbocycles. The fourth-order valence-electron chi connectivity index (χ4n) is 3.14. The molecule has 1 heterocycles. The molecule has 2 aromatic carbocycles. The van der Waals surface area contributed by atoms with E-state index in [-0.39, 0.29) is 5.54 Å². The van der Waals surface area contributed by atoms with Gasteiger partial charge in [0.25, 0.3) is 0 Å². The first-order valence-electron chi connectivity index (χ1n) is 8.10. The minimum absolute atomic E-state index is 0.150. The summed E-state index contributed by atoms with van der Waals surface area (Å²) in [7, 11) is 2.14. The van der Waals surface area contributed by atoms with E-state index in [0.29, 0.717) is 0 Å². The zero-order valence-electron chi connectivity index (χ0n) is 14.1. The van der Waals surface area contributed by atoms with Crippen LogP contribution in [-0.4, -0.2) is 30.2 Å². The van der Waals surface area contributed by atoms with E-state index in [1.165, 1.54) is 21.9 Å². The minimum atomic E-state index is 0.150. The number of fused-ring (bicyclic) bond motifs is 1. The smallest absolute Gasteiger partial charge is 0.0705 e. The number of nitrogens with zero attached hydrogens (tertiary/aromatic N) is 2. The van der Waals surface area contributed by atoms with Crippen molar-refractivity contribution in [3.63, 3.8) is 0 Å². The van der Waals surface area contributed by atoms with Crippen molar-refractivity contribution in [3.8, 4) is 0 Å². The summed E-state index contributed by atoms with van der Waals surface area (Å²) in [4.78, 5) is 7.13. The lowest BCUT2D eigenvalue weighted by Gasteiger charge is -2.10. The van der Waals surface area contributed by atoms with E-state index in [1.807, 2.05) is 6.08 Å². The first-order valence-corrected chi connectivity index (χ1v) is 8.73. The predicted octanol–water partition coefficient (Wildman–Crippen LogP) is 5.02. The predicted molar refractivity (Wildman–Crippen MR) is 105 cm³/mol. The van der Waals surface area contributed by atoms with Crippen molar-refractivity contribution in [3.05, 3.63) is 47.5 Å². The summed E-state index contributed by atoms with van der Waals surface area (Å²) in [5, 5.41) is 2.45. The molecule has 1 aliphatic heterocycles. The van der Waals surface area contributed by atoms with E-state index >= 15 is 0 Å². The van der Waals surface area contributed by atoms with Gasteiger partial charge in [-0.2, -0.15) is 12.6 Å². The van der Waals surface area contributed by atoms with Crippen molar-refractivity contribution in [2.75, 3.05) is 13.6 Å². The van der Waals surface area contributed by atoms with E-state index in [1.54, 1.807) is 0 Å². The molecule has 0 N–H and O–H groups in total. The van der Waals surface area contributed by atoms with Gasteiger partial charge < -0.3 is 0 Å². The third kappa shape index (κ3) is 2.96. The summed E-state index contributed by atoms with van der Waals surface area (Å²) in [6, 6.07) is 8.80. The fraction of sp³-hybridized carbons (Fsp3) is 0.350. The fourth-order valence-corrected chi connectivity index (χ4v) is 3.48. The third-order valence-corrected chi connectivity index (χ3v) is 5.40. The lowest BCUT2D eigenvalue weighted by atomic mass is 9.99. The Hall–Kier alpha value is -1.58. The summed E-state index contributed by atoms with van der Waals surface area (Å²) >= 11 is 4.43. The Morgan fingerprint density at radius 3 is 2.57 bits per heavy atom. The van der Waals surface area contributed by atoms with Crippen molar-refractivity contribution in [1.82, 2.24) is 4.90 Å². The van der Waals surface area contributed by atoms with E-state index in [4.69, 9.17) is 4.99 Å². The number of aliphatic imine (C=N–C) groups is 1. The maximum Gasteiger partial charge on any atom is 0.0705 e. The minimum Gasteiger partial charge on any atom is -0.293 e. The van der Waals surface area contributed by atoms with Gasteiger partial charge in [0.05, 0.1) is 11.2 Å². The zero-order valence-corrected chi connectivity index (χ0v) is 15.0. The quantitative estimate of drug-likeness (QED) is 0.464. The first-order chi connectivity index (χ1) is 11.0. The molecular weight excluding hydrogens is 300 g/mol. The van der Waals surface area contributed by atoms with Gasteiger partial charge in [0.1, 0.15) is 0 Å². The second-order valence-corrected chi connectivity index (χ2v) is 6.79. The number of benzene rings is 2. The van der Waals surface area contributed by atoms with Crippen molar-refractivity contribution in [2.45, 2.75) is 31.6 Å². The second kappa shape index (κ2) is 6.14. The van der Waals surface area contributed by atoms with Gasteiger partial charge in [-0.3, -0.25) is 9.89 Å². The van der Waals surface area contributed by atoms with Crippen molar-refractivity contribution >= 4 is 41.4 Å². The molecule has 1 fully saturated rings. The number of hydrogen-bond donors (Lipinski definition) is 1. The Bertz CT molecular complexity index is 790. The SMILES string of the molecule is C=Cc1cc2cc(C)c(CS)cc2cc1N=CC1(CC)CN1C. The van der Waals surface area contributed by atoms with Crippen LogP contribution in [0.3, 0.4) is 0 Å². The molecule has 0 radical (unpaired) electrons. The van der Waals surface area contributed by atoms with Crippen LogP contribution in [0.15, 0.2) is 35.8 Å². The molecule has 2 nitrogen and oxygen atoms in total. The molecule has 2 atom stereocenters. The molecule has 23 heavy (non-hydrogen) atoms. The number of thiol groups is 1. The van der Waals surface area contributed by atoms with Crippen LogP contribution in [0.2, 0.25) is 0 Å². The Morgan fingerprint density at radius 1 is 1.30 bits per heavy atom. The van der Waals surface area contributed by atoms with Gasteiger partial charge in [-0.15, -0.1) is 0 Å². The molecule has 0 aromatic heterocycles. The van der Waals surface area contributed by atoms with E-state index < -0.39 is 0 Å². The summed E-state index contributed by atoms with van der Waals surface area (Å²) < 4.78 is 0. The Kier molecular flexibility index (Phi) is 4.35. The van der Waals surface area contributed by atoms with Gasteiger partial charge in [-0.25, -0.2) is 0 Å². The van der Waals surface area contributed by atoms with Crippen LogP contribution < -0.4 is 0 Å². The van der Waals surface area contributed by atoms with Gasteiger partial charge >= 0.3 is 0 Å². The second-order valence-electron chi connectivity index (χ2n) is 6.47. The molecule has 0 saturated carbocycles. The highest BCUT2D eigenvalue weighted by atomic mass is 32.1.